The van der Waals surface area contributed by atoms with Gasteiger partial charge < -0.3 is 4.57 Å². The zero-order valence-electron chi connectivity index (χ0n) is 12.7. The van der Waals surface area contributed by atoms with Crippen molar-refractivity contribution in [1.29, 1.82) is 0 Å². The third-order valence-corrected chi connectivity index (χ3v) is 3.72. The van der Waals surface area contributed by atoms with Crippen molar-refractivity contribution in [2.45, 2.75) is 0 Å². The number of aromatic nitrogens is 4. The average molecular weight is 301 g/mol. The Labute approximate surface area is 134 Å². The molecule has 2 heterocycles. The standard InChI is InChI=1S/C18H15N5/c1-22-13-21-17-16(19-12-20-17)18(22)23(14-8-4-2-5-9-14)15-10-6-3-7-11-15/h2-13H,1H3. The summed E-state index contributed by atoms with van der Waals surface area (Å²) in [7, 11) is 1.97. The number of nitrogens with zero attached hydrogens (tertiary/aromatic N) is 5. The number of aryl methyl sites for hydroxylation is 1. The first kappa shape index (κ1) is 13.5. The van der Waals surface area contributed by atoms with E-state index in [0.29, 0.717) is 5.82 Å². The van der Waals surface area contributed by atoms with Crippen LogP contribution in [0.25, 0.3) is 11.5 Å². The maximum atomic E-state index is 4.42. The lowest BCUT2D eigenvalue weighted by Gasteiger charge is -2.28. The van der Waals surface area contributed by atoms with E-state index >= 15 is 0 Å². The normalized spacial score (nSPS) is 10.8. The van der Waals surface area contributed by atoms with E-state index in [9.17, 15) is 0 Å². The van der Waals surface area contributed by atoms with E-state index in [1.54, 1.807) is 12.7 Å². The topological polar surface area (TPSA) is 46.8 Å². The van der Waals surface area contributed by atoms with Crippen LogP contribution in [0.4, 0.5) is 17.2 Å². The summed E-state index contributed by atoms with van der Waals surface area (Å²) < 4.78 is 1.97. The first-order valence-corrected chi connectivity index (χ1v) is 7.37. The Hall–Kier alpha value is -3.21. The highest BCUT2D eigenvalue weighted by atomic mass is 15.3. The molecule has 0 aliphatic carbocycles. The highest BCUT2D eigenvalue weighted by Crippen LogP contribution is 2.38. The SMILES string of the molecule is Cn1cnc2ncnc-2c1N(c1ccccc1)c1ccccc1. The van der Waals surface area contributed by atoms with Gasteiger partial charge in [0.1, 0.15) is 12.1 Å². The molecule has 0 fully saturated rings. The van der Waals surface area contributed by atoms with Gasteiger partial charge in [-0.05, 0) is 24.3 Å². The minimum absolute atomic E-state index is 0.648. The van der Waals surface area contributed by atoms with E-state index in [-0.39, 0.29) is 0 Å². The van der Waals surface area contributed by atoms with Gasteiger partial charge in [-0.2, -0.15) is 0 Å². The fourth-order valence-corrected chi connectivity index (χ4v) is 2.69. The molecular formula is C18H15N5. The Balaban J connectivity index is 1.99. The molecule has 0 radical (unpaired) electrons. The first-order chi connectivity index (χ1) is 11.3. The van der Waals surface area contributed by atoms with Crippen LogP contribution in [0, 0.1) is 0 Å². The van der Waals surface area contributed by atoms with E-state index in [0.717, 1.165) is 22.9 Å². The van der Waals surface area contributed by atoms with Crippen molar-refractivity contribution in [3.8, 4) is 11.5 Å². The van der Waals surface area contributed by atoms with Crippen molar-refractivity contribution < 1.29 is 0 Å². The Bertz CT molecular complexity index is 846. The molecule has 5 nitrogen and oxygen atoms in total. The second-order valence-corrected chi connectivity index (χ2v) is 5.23. The summed E-state index contributed by atoms with van der Waals surface area (Å²) in [6, 6.07) is 20.5. The zero-order chi connectivity index (χ0) is 15.6. The molecule has 2 aliphatic heterocycles. The number of hydrogen-bond acceptors (Lipinski definition) is 4. The van der Waals surface area contributed by atoms with Gasteiger partial charge in [-0.3, -0.25) is 4.90 Å². The van der Waals surface area contributed by atoms with E-state index in [1.807, 2.05) is 48.0 Å². The molecule has 4 rings (SSSR count). The molecule has 0 unspecified atom stereocenters. The van der Waals surface area contributed by atoms with Gasteiger partial charge in [0.05, 0.1) is 6.33 Å². The van der Waals surface area contributed by atoms with Crippen molar-refractivity contribution in [1.82, 2.24) is 19.5 Å². The summed E-state index contributed by atoms with van der Waals surface area (Å²) in [6.45, 7) is 0. The fourth-order valence-electron chi connectivity index (χ4n) is 2.69. The monoisotopic (exact) mass is 301 g/mol. The average Bonchev–Trinajstić information content (AvgIpc) is 3.08. The highest BCUT2D eigenvalue weighted by Gasteiger charge is 2.23. The number of fused-ring (bicyclic) bond motifs is 1. The molecule has 0 atom stereocenters. The van der Waals surface area contributed by atoms with Gasteiger partial charge in [-0.15, -0.1) is 0 Å². The van der Waals surface area contributed by atoms with Crippen LogP contribution < -0.4 is 4.90 Å². The molecule has 112 valence electrons. The Morgan fingerprint density at radius 1 is 0.783 bits per heavy atom. The van der Waals surface area contributed by atoms with E-state index in [4.69, 9.17) is 0 Å². The summed E-state index contributed by atoms with van der Waals surface area (Å²) in [5, 5.41) is 0. The molecule has 0 bridgehead atoms. The predicted octanol–water partition coefficient (Wildman–Crippen LogP) is 3.78. The van der Waals surface area contributed by atoms with Crippen molar-refractivity contribution in [3.63, 3.8) is 0 Å². The minimum atomic E-state index is 0.648. The maximum absolute atomic E-state index is 4.42. The smallest absolute Gasteiger partial charge is 0.184 e. The number of rotatable bonds is 3. The van der Waals surface area contributed by atoms with Crippen LogP contribution in [0.5, 0.6) is 0 Å². The Kier molecular flexibility index (Phi) is 3.24. The van der Waals surface area contributed by atoms with Crippen molar-refractivity contribution in [2.75, 3.05) is 4.90 Å². The summed E-state index contributed by atoms with van der Waals surface area (Å²) in [5.41, 5.74) is 2.90. The second kappa shape index (κ2) is 5.53. The third-order valence-electron chi connectivity index (χ3n) is 3.72. The van der Waals surface area contributed by atoms with Crippen LogP contribution in [0.15, 0.2) is 73.3 Å². The third kappa shape index (κ3) is 2.32. The van der Waals surface area contributed by atoms with Crippen molar-refractivity contribution >= 4 is 17.2 Å². The van der Waals surface area contributed by atoms with Gasteiger partial charge in [-0.1, -0.05) is 36.4 Å². The molecular weight excluding hydrogens is 286 g/mol. The minimum Gasteiger partial charge on any atom is -0.319 e. The molecule has 5 heteroatoms. The Morgan fingerprint density at radius 3 is 2.00 bits per heavy atom. The number of imidazole rings is 1. The summed E-state index contributed by atoms with van der Waals surface area (Å²) >= 11 is 0. The number of benzene rings is 2. The van der Waals surface area contributed by atoms with Crippen LogP contribution in [0.3, 0.4) is 0 Å². The lowest BCUT2D eigenvalue weighted by Crippen LogP contribution is -2.17. The molecule has 0 aromatic heterocycles. The molecule has 2 aromatic rings. The number of anilines is 3. The van der Waals surface area contributed by atoms with Gasteiger partial charge in [0.25, 0.3) is 0 Å². The second-order valence-electron chi connectivity index (χ2n) is 5.23. The molecule has 2 aromatic carbocycles. The predicted molar refractivity (Wildman–Crippen MR) is 90.1 cm³/mol. The van der Waals surface area contributed by atoms with Crippen LogP contribution in [0.1, 0.15) is 0 Å². The first-order valence-electron chi connectivity index (χ1n) is 7.37. The Morgan fingerprint density at radius 2 is 1.39 bits per heavy atom. The van der Waals surface area contributed by atoms with Gasteiger partial charge >= 0.3 is 0 Å². The van der Waals surface area contributed by atoms with E-state index in [2.05, 4.69) is 44.1 Å². The quantitative estimate of drug-likeness (QED) is 0.577. The van der Waals surface area contributed by atoms with Gasteiger partial charge in [0, 0.05) is 18.4 Å². The van der Waals surface area contributed by atoms with E-state index in [1.165, 1.54) is 0 Å². The molecule has 0 N–H and O–H groups in total. The molecule has 0 saturated heterocycles. The van der Waals surface area contributed by atoms with Crippen LogP contribution in [0.2, 0.25) is 0 Å². The fraction of sp³-hybridized carbons (Fsp3) is 0.0556. The van der Waals surface area contributed by atoms with Crippen LogP contribution >= 0.6 is 0 Å². The van der Waals surface area contributed by atoms with Gasteiger partial charge in [0.15, 0.2) is 11.5 Å². The van der Waals surface area contributed by atoms with Crippen molar-refractivity contribution in [2.24, 2.45) is 7.05 Å². The summed E-state index contributed by atoms with van der Waals surface area (Å²) in [4.78, 5) is 15.1. The number of para-hydroxylation sites is 2. The van der Waals surface area contributed by atoms with Gasteiger partial charge in [-0.25, -0.2) is 15.0 Å². The lowest BCUT2D eigenvalue weighted by molar-refractivity contribution is 0.849. The molecule has 0 amide bonds. The largest absolute Gasteiger partial charge is 0.319 e. The van der Waals surface area contributed by atoms with Crippen molar-refractivity contribution in [3.05, 3.63) is 73.3 Å². The van der Waals surface area contributed by atoms with Crippen LogP contribution in [-0.4, -0.2) is 19.5 Å². The number of hydrogen-bond donors (Lipinski definition) is 0. The molecule has 2 aliphatic rings. The zero-order valence-corrected chi connectivity index (χ0v) is 12.7. The summed E-state index contributed by atoms with van der Waals surface area (Å²) in [6.07, 6.45) is 3.32. The van der Waals surface area contributed by atoms with Crippen LogP contribution in [-0.2, 0) is 7.05 Å². The molecule has 0 saturated carbocycles. The highest BCUT2D eigenvalue weighted by molar-refractivity contribution is 5.82. The van der Waals surface area contributed by atoms with Gasteiger partial charge in [0.2, 0.25) is 0 Å². The molecule has 23 heavy (non-hydrogen) atoms. The maximum Gasteiger partial charge on any atom is 0.184 e. The lowest BCUT2D eigenvalue weighted by atomic mass is 10.2. The van der Waals surface area contributed by atoms with E-state index < -0.39 is 0 Å². The summed E-state index contributed by atoms with van der Waals surface area (Å²) in [5.74, 6) is 1.58. The molecule has 0 spiro atoms.